The van der Waals surface area contributed by atoms with Crippen LogP contribution < -0.4 is 0 Å². The summed E-state index contributed by atoms with van der Waals surface area (Å²) in [7, 11) is 1.69. The lowest BCUT2D eigenvalue weighted by Gasteiger charge is -2.26. The van der Waals surface area contributed by atoms with E-state index in [0.29, 0.717) is 0 Å². The number of nitrogens with zero attached hydrogens (tertiary/aromatic N) is 1. The van der Waals surface area contributed by atoms with Crippen LogP contribution in [0.3, 0.4) is 0 Å². The van der Waals surface area contributed by atoms with E-state index < -0.39 is 5.97 Å². The molecule has 1 atom stereocenters. The molecule has 108 valence electrons. The summed E-state index contributed by atoms with van der Waals surface area (Å²) in [6, 6.07) is 7.84. The van der Waals surface area contributed by atoms with Gasteiger partial charge in [-0.05, 0) is 33.3 Å². The van der Waals surface area contributed by atoms with Crippen LogP contribution >= 0.6 is 0 Å². The van der Waals surface area contributed by atoms with Crippen LogP contribution in [0, 0.1) is 6.92 Å². The molecule has 0 radical (unpaired) electrons. The first-order valence-electron chi connectivity index (χ1n) is 6.50. The van der Waals surface area contributed by atoms with Crippen LogP contribution in [0.5, 0.6) is 0 Å². The number of carboxylic acids is 1. The van der Waals surface area contributed by atoms with E-state index in [1.165, 1.54) is 6.92 Å². The molecule has 0 aliphatic carbocycles. The van der Waals surface area contributed by atoms with Gasteiger partial charge in [0.2, 0.25) is 5.91 Å². The van der Waals surface area contributed by atoms with Gasteiger partial charge in [-0.2, -0.15) is 0 Å². The van der Waals surface area contributed by atoms with Crippen molar-refractivity contribution < 1.29 is 14.7 Å². The highest BCUT2D eigenvalue weighted by Crippen LogP contribution is 2.21. The Morgan fingerprint density at radius 2 is 1.60 bits per heavy atom. The van der Waals surface area contributed by atoms with E-state index >= 15 is 0 Å². The topological polar surface area (TPSA) is 57.6 Å². The van der Waals surface area contributed by atoms with E-state index in [9.17, 15) is 9.59 Å². The summed E-state index contributed by atoms with van der Waals surface area (Å²) in [5, 5.41) is 8.94. The predicted molar refractivity (Wildman–Crippen MR) is 78.4 cm³/mol. The van der Waals surface area contributed by atoms with Gasteiger partial charge in [-0.1, -0.05) is 29.8 Å². The molecule has 0 saturated heterocycles. The normalized spacial score (nSPS) is 13.4. The lowest BCUT2D eigenvalue weighted by atomic mass is 10.0. The largest absolute Gasteiger partial charge is 0.478 e. The van der Waals surface area contributed by atoms with Crippen molar-refractivity contribution in [2.75, 3.05) is 7.05 Å². The third-order valence-electron chi connectivity index (χ3n) is 3.67. The summed E-state index contributed by atoms with van der Waals surface area (Å²) in [5.41, 5.74) is 2.52. The van der Waals surface area contributed by atoms with Crippen LogP contribution in [-0.2, 0) is 9.59 Å². The van der Waals surface area contributed by atoms with Crippen LogP contribution in [0.15, 0.2) is 35.4 Å². The molecule has 4 heteroatoms. The van der Waals surface area contributed by atoms with Crippen LogP contribution in [0.4, 0.5) is 0 Å². The van der Waals surface area contributed by atoms with Crippen LogP contribution in [-0.4, -0.2) is 28.9 Å². The van der Waals surface area contributed by atoms with Gasteiger partial charge in [-0.25, -0.2) is 4.79 Å². The fraction of sp³-hybridized carbons (Fsp3) is 0.375. The second kappa shape index (κ2) is 6.37. The van der Waals surface area contributed by atoms with E-state index in [2.05, 4.69) is 0 Å². The molecule has 1 rings (SSSR count). The molecule has 4 nitrogen and oxygen atoms in total. The monoisotopic (exact) mass is 275 g/mol. The second-order valence-electron chi connectivity index (χ2n) is 5.06. The number of carbonyl (C=O) groups is 2. The highest BCUT2D eigenvalue weighted by Gasteiger charge is 2.21. The molecule has 1 amide bonds. The SMILES string of the molecule is CC(C(=O)O)=C(C)C(=O)N(C)C(C)c1ccc(C)cc1. The van der Waals surface area contributed by atoms with Gasteiger partial charge in [0, 0.05) is 18.2 Å². The smallest absolute Gasteiger partial charge is 0.331 e. The Morgan fingerprint density at radius 1 is 1.10 bits per heavy atom. The summed E-state index contributed by atoms with van der Waals surface area (Å²) in [5.74, 6) is -1.33. The molecule has 20 heavy (non-hydrogen) atoms. The number of rotatable bonds is 4. The maximum atomic E-state index is 12.3. The Labute approximate surface area is 119 Å². The number of amides is 1. The Hall–Kier alpha value is -2.10. The molecular formula is C16H21NO3. The zero-order valence-electron chi connectivity index (χ0n) is 12.6. The zero-order valence-corrected chi connectivity index (χ0v) is 12.6. The average Bonchev–Trinajstić information content (AvgIpc) is 2.44. The minimum absolute atomic E-state index is 0.0814. The highest BCUT2D eigenvalue weighted by molar-refractivity contribution is 6.01. The summed E-state index contributed by atoms with van der Waals surface area (Å²) in [6.07, 6.45) is 0. The number of carboxylic acid groups (broad SMARTS) is 1. The number of aliphatic carboxylic acids is 1. The maximum absolute atomic E-state index is 12.3. The molecule has 1 aromatic rings. The molecule has 0 bridgehead atoms. The molecule has 0 heterocycles. The minimum Gasteiger partial charge on any atom is -0.478 e. The Balaban J connectivity index is 2.97. The van der Waals surface area contributed by atoms with Crippen molar-refractivity contribution in [2.45, 2.75) is 33.7 Å². The molecule has 0 spiro atoms. The van der Waals surface area contributed by atoms with E-state index in [-0.39, 0.29) is 23.1 Å². The second-order valence-corrected chi connectivity index (χ2v) is 5.06. The van der Waals surface area contributed by atoms with Crippen LogP contribution in [0.2, 0.25) is 0 Å². The quantitative estimate of drug-likeness (QED) is 0.859. The number of aryl methyl sites for hydroxylation is 1. The summed E-state index contributed by atoms with van der Waals surface area (Å²) < 4.78 is 0. The van der Waals surface area contributed by atoms with E-state index in [1.807, 2.05) is 38.1 Å². The lowest BCUT2D eigenvalue weighted by molar-refractivity contribution is -0.134. The molecule has 0 fully saturated rings. The molecule has 1 aromatic carbocycles. The van der Waals surface area contributed by atoms with Crippen molar-refractivity contribution in [3.63, 3.8) is 0 Å². The van der Waals surface area contributed by atoms with Crippen LogP contribution in [0.25, 0.3) is 0 Å². The molecule has 0 saturated carbocycles. The molecule has 0 aliphatic heterocycles. The van der Waals surface area contributed by atoms with Gasteiger partial charge >= 0.3 is 5.97 Å². The Bertz CT molecular complexity index is 543. The first kappa shape index (κ1) is 16.0. The Kier molecular flexibility index (Phi) is 5.08. The molecule has 0 aromatic heterocycles. The average molecular weight is 275 g/mol. The predicted octanol–water partition coefficient (Wildman–Crippen LogP) is 2.94. The van der Waals surface area contributed by atoms with Crippen molar-refractivity contribution in [2.24, 2.45) is 0 Å². The van der Waals surface area contributed by atoms with E-state index in [0.717, 1.165) is 11.1 Å². The van der Waals surface area contributed by atoms with Crippen LogP contribution in [0.1, 0.15) is 37.9 Å². The van der Waals surface area contributed by atoms with Gasteiger partial charge in [-0.3, -0.25) is 4.79 Å². The van der Waals surface area contributed by atoms with Crippen molar-refractivity contribution in [1.82, 2.24) is 4.90 Å². The molecule has 1 unspecified atom stereocenters. The number of likely N-dealkylation sites (N-methyl/N-ethyl adjacent to an activating group) is 1. The molecule has 0 aliphatic rings. The zero-order chi connectivity index (χ0) is 15.4. The van der Waals surface area contributed by atoms with Gasteiger partial charge in [0.1, 0.15) is 0 Å². The third kappa shape index (κ3) is 3.47. The van der Waals surface area contributed by atoms with Gasteiger partial charge in [0.25, 0.3) is 0 Å². The minimum atomic E-state index is -1.06. The maximum Gasteiger partial charge on any atom is 0.331 e. The summed E-state index contributed by atoms with van der Waals surface area (Å²) in [4.78, 5) is 24.8. The van der Waals surface area contributed by atoms with Gasteiger partial charge in [0.05, 0.1) is 6.04 Å². The van der Waals surface area contributed by atoms with Crippen molar-refractivity contribution >= 4 is 11.9 Å². The lowest BCUT2D eigenvalue weighted by Crippen LogP contribution is -2.31. The van der Waals surface area contributed by atoms with Crippen molar-refractivity contribution in [3.05, 3.63) is 46.5 Å². The molecular weight excluding hydrogens is 254 g/mol. The van der Waals surface area contributed by atoms with Gasteiger partial charge < -0.3 is 10.0 Å². The first-order valence-corrected chi connectivity index (χ1v) is 6.50. The fourth-order valence-electron chi connectivity index (χ4n) is 1.83. The number of hydrogen-bond acceptors (Lipinski definition) is 2. The van der Waals surface area contributed by atoms with Crippen molar-refractivity contribution in [1.29, 1.82) is 0 Å². The first-order chi connectivity index (χ1) is 9.25. The van der Waals surface area contributed by atoms with Gasteiger partial charge in [0.15, 0.2) is 0 Å². The number of benzene rings is 1. The summed E-state index contributed by atoms with van der Waals surface area (Å²) >= 11 is 0. The summed E-state index contributed by atoms with van der Waals surface area (Å²) in [6.45, 7) is 6.92. The molecule has 1 N–H and O–H groups in total. The standard InChI is InChI=1S/C16H21NO3/c1-10-6-8-14(9-7-10)13(4)17(5)15(18)11(2)12(3)16(19)20/h6-9,13H,1-5H3,(H,19,20). The Morgan fingerprint density at radius 3 is 2.05 bits per heavy atom. The van der Waals surface area contributed by atoms with E-state index in [1.54, 1.807) is 18.9 Å². The third-order valence-corrected chi connectivity index (χ3v) is 3.67. The van der Waals surface area contributed by atoms with Gasteiger partial charge in [-0.15, -0.1) is 0 Å². The number of carbonyl (C=O) groups excluding carboxylic acids is 1. The van der Waals surface area contributed by atoms with Crippen molar-refractivity contribution in [3.8, 4) is 0 Å². The fourth-order valence-corrected chi connectivity index (χ4v) is 1.83. The highest BCUT2D eigenvalue weighted by atomic mass is 16.4. The van der Waals surface area contributed by atoms with E-state index in [4.69, 9.17) is 5.11 Å². The number of hydrogen-bond donors (Lipinski definition) is 1.